The molecule has 0 spiro atoms. The van der Waals surface area contributed by atoms with Gasteiger partial charge < -0.3 is 10.6 Å². The zero-order valence-corrected chi connectivity index (χ0v) is 15.2. The third-order valence-corrected chi connectivity index (χ3v) is 4.19. The van der Waals surface area contributed by atoms with Gasteiger partial charge in [0.2, 0.25) is 0 Å². The van der Waals surface area contributed by atoms with Crippen LogP contribution in [0.25, 0.3) is 11.1 Å². The van der Waals surface area contributed by atoms with Crippen LogP contribution in [0.1, 0.15) is 18.1 Å². The second-order valence-corrected chi connectivity index (χ2v) is 6.01. The Kier molecular flexibility index (Phi) is 6.57. The zero-order valence-electron chi connectivity index (χ0n) is 15.2. The summed E-state index contributed by atoms with van der Waals surface area (Å²) in [6, 6.07) is 29.2. The second kappa shape index (κ2) is 9.54. The molecule has 0 radical (unpaired) electrons. The molecule has 0 aromatic heterocycles. The molecule has 0 fully saturated rings. The highest BCUT2D eigenvalue weighted by atomic mass is 15.1. The van der Waals surface area contributed by atoms with Crippen LogP contribution in [-0.2, 0) is 6.54 Å². The van der Waals surface area contributed by atoms with E-state index in [2.05, 4.69) is 78.2 Å². The maximum absolute atomic E-state index is 4.89. The molecule has 132 valence electrons. The minimum atomic E-state index is 0.633. The maximum Gasteiger partial charge on any atom is 0.129 e. The van der Waals surface area contributed by atoms with Crippen LogP contribution in [0.2, 0.25) is 0 Å². The number of aliphatic imine (C=N–C) groups is 1. The Labute approximate surface area is 155 Å². The van der Waals surface area contributed by atoms with E-state index in [1.54, 1.807) is 0 Å². The summed E-state index contributed by atoms with van der Waals surface area (Å²) in [5.74, 6) is 0.911. The van der Waals surface area contributed by atoms with Crippen molar-refractivity contribution in [3.8, 4) is 11.1 Å². The van der Waals surface area contributed by atoms with Crippen molar-refractivity contribution in [2.45, 2.75) is 13.5 Å². The first-order valence-electron chi connectivity index (χ1n) is 9.06. The predicted octanol–water partition coefficient (Wildman–Crippen LogP) is 4.46. The lowest BCUT2D eigenvalue weighted by Gasteiger charge is -2.12. The highest BCUT2D eigenvalue weighted by Gasteiger charge is 2.06. The van der Waals surface area contributed by atoms with Crippen molar-refractivity contribution in [3.05, 3.63) is 96.1 Å². The van der Waals surface area contributed by atoms with Gasteiger partial charge in [-0.3, -0.25) is 4.99 Å². The Morgan fingerprint density at radius 3 is 2.19 bits per heavy atom. The second-order valence-electron chi connectivity index (χ2n) is 6.01. The fraction of sp³-hybridized carbons (Fsp3) is 0.174. The topological polar surface area (TPSA) is 36.4 Å². The molecular formula is C23H25N3. The summed E-state index contributed by atoms with van der Waals surface area (Å²) in [5, 5.41) is 6.70. The van der Waals surface area contributed by atoms with Crippen LogP contribution in [-0.4, -0.2) is 19.0 Å². The van der Waals surface area contributed by atoms with Crippen LogP contribution in [0.3, 0.4) is 0 Å². The number of benzene rings is 3. The van der Waals surface area contributed by atoms with E-state index in [0.29, 0.717) is 13.2 Å². The monoisotopic (exact) mass is 343 g/mol. The van der Waals surface area contributed by atoms with E-state index in [9.17, 15) is 0 Å². The number of nitrogens with zero attached hydrogens (tertiary/aromatic N) is 1. The van der Waals surface area contributed by atoms with Gasteiger partial charge in [-0.1, -0.05) is 91.9 Å². The normalized spacial score (nSPS) is 11.3. The fourth-order valence-electron chi connectivity index (χ4n) is 2.84. The van der Waals surface area contributed by atoms with Gasteiger partial charge >= 0.3 is 0 Å². The molecule has 0 aliphatic heterocycles. The highest BCUT2D eigenvalue weighted by molar-refractivity contribution is 5.98. The molecule has 3 aromatic rings. The Bertz CT molecular complexity index is 826. The van der Waals surface area contributed by atoms with Crippen LogP contribution < -0.4 is 10.6 Å². The van der Waals surface area contributed by atoms with E-state index in [1.807, 2.05) is 24.3 Å². The molecule has 0 atom stereocenters. The van der Waals surface area contributed by atoms with Gasteiger partial charge in [-0.05, 0) is 23.2 Å². The highest BCUT2D eigenvalue weighted by Crippen LogP contribution is 2.24. The van der Waals surface area contributed by atoms with Gasteiger partial charge in [0.1, 0.15) is 5.84 Å². The number of hydrogen-bond donors (Lipinski definition) is 2. The summed E-state index contributed by atoms with van der Waals surface area (Å²) in [7, 11) is 0. The molecule has 0 aliphatic rings. The van der Waals surface area contributed by atoms with Crippen LogP contribution in [0.5, 0.6) is 0 Å². The van der Waals surface area contributed by atoms with Gasteiger partial charge in [0.05, 0.1) is 13.2 Å². The minimum absolute atomic E-state index is 0.633. The Morgan fingerprint density at radius 2 is 1.46 bits per heavy atom. The third kappa shape index (κ3) is 4.80. The van der Waals surface area contributed by atoms with Crippen LogP contribution >= 0.6 is 0 Å². The molecule has 0 bridgehead atoms. The van der Waals surface area contributed by atoms with Crippen molar-refractivity contribution in [1.82, 2.24) is 10.6 Å². The molecule has 0 amide bonds. The standard InChI is InChI=1S/C23H25N3/c1-2-24-18-26-23(20-13-7-4-8-14-20)25-17-21-15-9-10-16-22(21)19-11-5-3-6-12-19/h3-16,24H,2,17-18H2,1H3,(H,25,26). The van der Waals surface area contributed by atoms with Crippen LogP contribution in [0.4, 0.5) is 0 Å². The summed E-state index contributed by atoms with van der Waals surface area (Å²) in [6.07, 6.45) is 0. The molecule has 0 heterocycles. The van der Waals surface area contributed by atoms with Gasteiger partial charge in [-0.25, -0.2) is 0 Å². The minimum Gasteiger partial charge on any atom is -0.357 e. The van der Waals surface area contributed by atoms with E-state index in [4.69, 9.17) is 4.99 Å². The summed E-state index contributed by atoms with van der Waals surface area (Å²) < 4.78 is 0. The Hall–Kier alpha value is -2.91. The van der Waals surface area contributed by atoms with Crippen LogP contribution in [0, 0.1) is 0 Å². The van der Waals surface area contributed by atoms with Crippen molar-refractivity contribution < 1.29 is 0 Å². The first-order chi connectivity index (χ1) is 12.9. The molecule has 3 heteroatoms. The summed E-state index contributed by atoms with van der Waals surface area (Å²) in [5.41, 5.74) is 4.77. The molecule has 3 nitrogen and oxygen atoms in total. The van der Waals surface area contributed by atoms with E-state index < -0.39 is 0 Å². The number of amidine groups is 1. The first kappa shape index (κ1) is 17.9. The quantitative estimate of drug-likeness (QED) is 0.288. The summed E-state index contributed by atoms with van der Waals surface area (Å²) in [6.45, 7) is 4.35. The van der Waals surface area contributed by atoms with Crippen molar-refractivity contribution in [2.75, 3.05) is 13.2 Å². The zero-order chi connectivity index (χ0) is 18.0. The van der Waals surface area contributed by atoms with Crippen molar-refractivity contribution in [2.24, 2.45) is 4.99 Å². The molecule has 3 rings (SSSR count). The lowest BCUT2D eigenvalue weighted by molar-refractivity contribution is 0.692. The fourth-order valence-corrected chi connectivity index (χ4v) is 2.84. The molecule has 0 saturated heterocycles. The van der Waals surface area contributed by atoms with Gasteiger partial charge in [-0.15, -0.1) is 0 Å². The van der Waals surface area contributed by atoms with Gasteiger partial charge in [0.15, 0.2) is 0 Å². The molecular weight excluding hydrogens is 318 g/mol. The Morgan fingerprint density at radius 1 is 0.808 bits per heavy atom. The van der Waals surface area contributed by atoms with Crippen molar-refractivity contribution in [1.29, 1.82) is 0 Å². The van der Waals surface area contributed by atoms with Crippen molar-refractivity contribution >= 4 is 5.84 Å². The summed E-state index contributed by atoms with van der Waals surface area (Å²) >= 11 is 0. The van der Waals surface area contributed by atoms with E-state index >= 15 is 0 Å². The van der Waals surface area contributed by atoms with Gasteiger partial charge in [-0.2, -0.15) is 0 Å². The lowest BCUT2D eigenvalue weighted by atomic mass is 10.00. The lowest BCUT2D eigenvalue weighted by Crippen LogP contribution is -2.34. The van der Waals surface area contributed by atoms with E-state index in [1.165, 1.54) is 16.7 Å². The van der Waals surface area contributed by atoms with Crippen LogP contribution in [0.15, 0.2) is 89.9 Å². The van der Waals surface area contributed by atoms with E-state index in [-0.39, 0.29) is 0 Å². The number of rotatable bonds is 7. The third-order valence-electron chi connectivity index (χ3n) is 4.19. The predicted molar refractivity (Wildman–Crippen MR) is 110 cm³/mol. The van der Waals surface area contributed by atoms with Gasteiger partial charge in [0.25, 0.3) is 0 Å². The largest absolute Gasteiger partial charge is 0.357 e. The first-order valence-corrected chi connectivity index (χ1v) is 9.06. The number of hydrogen-bond acceptors (Lipinski definition) is 2. The maximum atomic E-state index is 4.89. The molecule has 0 saturated carbocycles. The Balaban J connectivity index is 1.86. The SMILES string of the molecule is CCNCNC(=NCc1ccccc1-c1ccccc1)c1ccccc1. The molecule has 26 heavy (non-hydrogen) atoms. The molecule has 0 aliphatic carbocycles. The molecule has 2 N–H and O–H groups in total. The summed E-state index contributed by atoms with van der Waals surface area (Å²) in [4.78, 5) is 4.89. The smallest absolute Gasteiger partial charge is 0.129 e. The molecule has 3 aromatic carbocycles. The van der Waals surface area contributed by atoms with Gasteiger partial charge in [0, 0.05) is 5.56 Å². The van der Waals surface area contributed by atoms with Crippen molar-refractivity contribution in [3.63, 3.8) is 0 Å². The number of nitrogens with one attached hydrogen (secondary N) is 2. The average Bonchev–Trinajstić information content (AvgIpc) is 2.72. The average molecular weight is 343 g/mol. The van der Waals surface area contributed by atoms with E-state index in [0.717, 1.165) is 17.9 Å². The molecule has 0 unspecified atom stereocenters.